The van der Waals surface area contributed by atoms with Crippen molar-refractivity contribution in [3.63, 3.8) is 0 Å². The molecule has 0 saturated heterocycles. The molecule has 1 aliphatic heterocycles. The Kier molecular flexibility index (Phi) is 6.81. The number of carbonyl (C=O) groups is 2. The number of carbonyl (C=O) groups excluding carboxylic acids is 2. The van der Waals surface area contributed by atoms with Crippen LogP contribution in [0.4, 0.5) is 11.4 Å². The van der Waals surface area contributed by atoms with E-state index in [1.807, 2.05) is 26.0 Å². The number of amides is 2. The molecule has 1 unspecified atom stereocenters. The molecule has 31 heavy (non-hydrogen) atoms. The minimum atomic E-state index is -3.94. The van der Waals surface area contributed by atoms with E-state index in [0.29, 0.717) is 30.6 Å². The largest absolute Gasteiger partial charge is 0.326 e. The van der Waals surface area contributed by atoms with Crippen molar-refractivity contribution in [1.29, 1.82) is 0 Å². The van der Waals surface area contributed by atoms with Gasteiger partial charge in [-0.1, -0.05) is 19.9 Å². The van der Waals surface area contributed by atoms with Crippen molar-refractivity contribution in [1.82, 2.24) is 4.72 Å². The Morgan fingerprint density at radius 2 is 1.77 bits per heavy atom. The van der Waals surface area contributed by atoms with Crippen LogP contribution in [-0.2, 0) is 26.0 Å². The van der Waals surface area contributed by atoms with Crippen LogP contribution < -0.4 is 15.4 Å². The molecule has 0 aromatic heterocycles. The number of benzene rings is 2. The zero-order valence-electron chi connectivity index (χ0n) is 18.3. The van der Waals surface area contributed by atoms with Crippen molar-refractivity contribution >= 4 is 33.2 Å². The van der Waals surface area contributed by atoms with E-state index in [-0.39, 0.29) is 16.7 Å². The molecule has 1 atom stereocenters. The molecule has 0 spiro atoms. The summed E-state index contributed by atoms with van der Waals surface area (Å²) >= 11 is 0. The Bertz CT molecular complexity index is 1110. The van der Waals surface area contributed by atoms with E-state index in [4.69, 9.17) is 0 Å². The van der Waals surface area contributed by atoms with Gasteiger partial charge in [-0.05, 0) is 79.6 Å². The number of nitrogens with one attached hydrogen (secondary N) is 3. The number of rotatable bonds is 6. The Morgan fingerprint density at radius 3 is 2.45 bits per heavy atom. The van der Waals surface area contributed by atoms with Crippen molar-refractivity contribution in [3.8, 4) is 0 Å². The van der Waals surface area contributed by atoms with Crippen molar-refractivity contribution < 1.29 is 18.0 Å². The fraction of sp³-hybridized carbons (Fsp3) is 0.391. The third kappa shape index (κ3) is 5.51. The molecule has 2 amide bonds. The summed E-state index contributed by atoms with van der Waals surface area (Å²) in [4.78, 5) is 24.7. The lowest BCUT2D eigenvalue weighted by Gasteiger charge is -2.22. The van der Waals surface area contributed by atoms with E-state index in [1.165, 1.54) is 6.07 Å². The average Bonchev–Trinajstić information content (AvgIpc) is 2.88. The minimum Gasteiger partial charge on any atom is -0.326 e. The average molecular weight is 444 g/mol. The monoisotopic (exact) mass is 443 g/mol. The fourth-order valence-corrected chi connectivity index (χ4v) is 4.88. The van der Waals surface area contributed by atoms with Crippen LogP contribution in [0.1, 0.15) is 43.4 Å². The van der Waals surface area contributed by atoms with Gasteiger partial charge < -0.3 is 10.6 Å². The summed E-state index contributed by atoms with van der Waals surface area (Å²) in [5, 5.41) is 5.61. The van der Waals surface area contributed by atoms with Crippen LogP contribution in [0.5, 0.6) is 0 Å². The Labute approximate surface area is 183 Å². The van der Waals surface area contributed by atoms with Gasteiger partial charge in [0.05, 0.1) is 4.90 Å². The number of sulfonamides is 1. The van der Waals surface area contributed by atoms with E-state index < -0.39 is 22.0 Å². The summed E-state index contributed by atoms with van der Waals surface area (Å²) in [7, 11) is -3.94. The molecule has 0 bridgehead atoms. The second kappa shape index (κ2) is 9.20. The molecule has 1 aliphatic rings. The summed E-state index contributed by atoms with van der Waals surface area (Å²) in [5.41, 5.74) is 4.18. The van der Waals surface area contributed by atoms with Gasteiger partial charge in [0, 0.05) is 17.8 Å². The van der Waals surface area contributed by atoms with Gasteiger partial charge in [-0.3, -0.25) is 9.59 Å². The number of fused-ring (bicyclic) bond motifs is 1. The molecule has 2 aromatic carbocycles. The van der Waals surface area contributed by atoms with E-state index in [2.05, 4.69) is 15.4 Å². The lowest BCUT2D eigenvalue weighted by molar-refractivity contribution is -0.118. The van der Waals surface area contributed by atoms with Gasteiger partial charge in [-0.2, -0.15) is 4.72 Å². The van der Waals surface area contributed by atoms with Crippen LogP contribution in [0.3, 0.4) is 0 Å². The highest BCUT2D eigenvalue weighted by Crippen LogP contribution is 2.25. The smallest absolute Gasteiger partial charge is 0.242 e. The number of hydrogen-bond acceptors (Lipinski definition) is 4. The quantitative estimate of drug-likeness (QED) is 0.635. The van der Waals surface area contributed by atoms with Crippen LogP contribution in [-0.4, -0.2) is 26.3 Å². The molecule has 8 heteroatoms. The first-order valence-corrected chi connectivity index (χ1v) is 11.9. The SMILES string of the molecule is Cc1ccc(NC(=O)C(NS(=O)(=O)c2ccc3c(c2)CCCC(=O)N3)C(C)C)cc1C. The van der Waals surface area contributed by atoms with Crippen LogP contribution in [0.25, 0.3) is 0 Å². The van der Waals surface area contributed by atoms with Crippen molar-refractivity contribution in [3.05, 3.63) is 53.1 Å². The molecule has 0 aliphatic carbocycles. The van der Waals surface area contributed by atoms with E-state index >= 15 is 0 Å². The van der Waals surface area contributed by atoms with E-state index in [1.54, 1.807) is 32.0 Å². The van der Waals surface area contributed by atoms with Crippen molar-refractivity contribution in [2.45, 2.75) is 57.9 Å². The van der Waals surface area contributed by atoms with Gasteiger partial charge in [0.2, 0.25) is 21.8 Å². The maximum absolute atomic E-state index is 13.1. The lowest BCUT2D eigenvalue weighted by atomic mass is 10.0. The third-order valence-electron chi connectivity index (χ3n) is 5.52. The maximum atomic E-state index is 13.1. The molecular formula is C23H29N3O4S. The predicted octanol–water partition coefficient (Wildman–Crippen LogP) is 3.52. The molecule has 3 rings (SSSR count). The van der Waals surface area contributed by atoms with Gasteiger partial charge in [0.25, 0.3) is 0 Å². The van der Waals surface area contributed by atoms with Crippen LogP contribution in [0, 0.1) is 19.8 Å². The highest BCUT2D eigenvalue weighted by Gasteiger charge is 2.29. The maximum Gasteiger partial charge on any atom is 0.242 e. The summed E-state index contributed by atoms with van der Waals surface area (Å²) in [5.74, 6) is -0.749. The number of anilines is 2. The summed E-state index contributed by atoms with van der Waals surface area (Å²) < 4.78 is 28.7. The van der Waals surface area contributed by atoms with Crippen molar-refractivity contribution in [2.75, 3.05) is 10.6 Å². The van der Waals surface area contributed by atoms with Crippen molar-refractivity contribution in [2.24, 2.45) is 5.92 Å². The topological polar surface area (TPSA) is 104 Å². The zero-order chi connectivity index (χ0) is 22.8. The summed E-state index contributed by atoms with van der Waals surface area (Å²) in [6, 6.07) is 9.26. The van der Waals surface area contributed by atoms with Gasteiger partial charge in [0.15, 0.2) is 0 Å². The normalized spacial score (nSPS) is 15.1. The first-order chi connectivity index (χ1) is 14.6. The highest BCUT2D eigenvalue weighted by molar-refractivity contribution is 7.89. The van der Waals surface area contributed by atoms with Gasteiger partial charge in [0.1, 0.15) is 6.04 Å². The molecule has 3 N–H and O–H groups in total. The number of hydrogen-bond donors (Lipinski definition) is 3. The van der Waals surface area contributed by atoms with Crippen LogP contribution in [0.15, 0.2) is 41.3 Å². The molecular weight excluding hydrogens is 414 g/mol. The molecule has 0 fully saturated rings. The second-order valence-corrected chi connectivity index (χ2v) is 10.1. The standard InChI is InChI=1S/C23H29N3O4S/c1-14(2)22(23(28)24-18-9-8-15(3)16(4)12-18)26-31(29,30)19-10-11-20-17(13-19)6-5-7-21(27)25-20/h8-14,22,26H,5-7H2,1-4H3,(H,24,28)(H,25,27). The van der Waals surface area contributed by atoms with Gasteiger partial charge >= 0.3 is 0 Å². The second-order valence-electron chi connectivity index (χ2n) is 8.35. The predicted molar refractivity (Wildman–Crippen MR) is 122 cm³/mol. The molecule has 166 valence electrons. The fourth-order valence-electron chi connectivity index (χ4n) is 3.48. The zero-order valence-corrected chi connectivity index (χ0v) is 19.1. The molecule has 2 aromatic rings. The molecule has 1 heterocycles. The number of aryl methyl sites for hydroxylation is 3. The van der Waals surface area contributed by atoms with E-state index in [9.17, 15) is 18.0 Å². The molecule has 7 nitrogen and oxygen atoms in total. The minimum absolute atomic E-state index is 0.0737. The lowest BCUT2D eigenvalue weighted by Crippen LogP contribution is -2.47. The molecule has 0 saturated carbocycles. The Balaban J connectivity index is 1.81. The summed E-state index contributed by atoms with van der Waals surface area (Å²) in [6.45, 7) is 7.52. The van der Waals surface area contributed by atoms with Crippen LogP contribution >= 0.6 is 0 Å². The van der Waals surface area contributed by atoms with E-state index in [0.717, 1.165) is 16.7 Å². The molecule has 0 radical (unpaired) electrons. The first-order valence-electron chi connectivity index (χ1n) is 10.4. The van der Waals surface area contributed by atoms with Gasteiger partial charge in [-0.25, -0.2) is 8.42 Å². The first kappa shape index (κ1) is 23.0. The Hall–Kier alpha value is -2.71. The Morgan fingerprint density at radius 1 is 1.03 bits per heavy atom. The van der Waals surface area contributed by atoms with Gasteiger partial charge in [-0.15, -0.1) is 0 Å². The third-order valence-corrected chi connectivity index (χ3v) is 6.96. The summed E-state index contributed by atoms with van der Waals surface area (Å²) in [6.07, 6.45) is 1.67. The highest BCUT2D eigenvalue weighted by atomic mass is 32.2. The van der Waals surface area contributed by atoms with Crippen LogP contribution in [0.2, 0.25) is 0 Å².